The van der Waals surface area contributed by atoms with Crippen molar-refractivity contribution >= 4 is 11.8 Å². The molecule has 5 nitrogen and oxygen atoms in total. The lowest BCUT2D eigenvalue weighted by Crippen LogP contribution is -2.38. The highest BCUT2D eigenvalue weighted by Gasteiger charge is 2.41. The fraction of sp³-hybridized carbons (Fsp3) is 0.846. The number of carbonyl (C=O) groups is 2. The molecule has 1 fully saturated rings. The summed E-state index contributed by atoms with van der Waals surface area (Å²) >= 11 is 0. The smallest absolute Gasteiger partial charge is 0.225 e. The summed E-state index contributed by atoms with van der Waals surface area (Å²) in [6, 6.07) is 0. The van der Waals surface area contributed by atoms with E-state index in [-0.39, 0.29) is 30.3 Å². The van der Waals surface area contributed by atoms with E-state index in [4.69, 9.17) is 5.11 Å². The molecule has 2 amide bonds. The van der Waals surface area contributed by atoms with Gasteiger partial charge < -0.3 is 15.7 Å². The van der Waals surface area contributed by atoms with E-state index in [2.05, 4.69) is 10.6 Å². The standard InChI is InChI=1S/C13H24N2O3/c1-12(2,3)11(18)14-7-4-10(17)15-8-13(9-16)5-6-13/h16H,4-9H2,1-3H3,(H,14,18)(H,15,17). The maximum Gasteiger partial charge on any atom is 0.225 e. The summed E-state index contributed by atoms with van der Waals surface area (Å²) in [5, 5.41) is 14.6. The molecule has 0 atom stereocenters. The summed E-state index contributed by atoms with van der Waals surface area (Å²) in [4.78, 5) is 23.1. The molecule has 0 aromatic heterocycles. The van der Waals surface area contributed by atoms with Gasteiger partial charge in [-0.1, -0.05) is 20.8 Å². The van der Waals surface area contributed by atoms with Gasteiger partial charge in [-0.05, 0) is 12.8 Å². The molecular formula is C13H24N2O3. The molecule has 1 aliphatic rings. The van der Waals surface area contributed by atoms with Crippen molar-refractivity contribution in [3.8, 4) is 0 Å². The fourth-order valence-electron chi connectivity index (χ4n) is 1.50. The van der Waals surface area contributed by atoms with Crippen LogP contribution in [0.4, 0.5) is 0 Å². The summed E-state index contributed by atoms with van der Waals surface area (Å²) < 4.78 is 0. The highest BCUT2D eigenvalue weighted by Crippen LogP contribution is 2.44. The van der Waals surface area contributed by atoms with Crippen LogP contribution in [-0.2, 0) is 9.59 Å². The summed E-state index contributed by atoms with van der Waals surface area (Å²) in [7, 11) is 0. The van der Waals surface area contributed by atoms with Gasteiger partial charge in [0.15, 0.2) is 0 Å². The molecule has 0 radical (unpaired) electrons. The Morgan fingerprint density at radius 2 is 1.83 bits per heavy atom. The number of hydrogen-bond acceptors (Lipinski definition) is 3. The molecule has 0 aromatic carbocycles. The summed E-state index contributed by atoms with van der Waals surface area (Å²) in [6.07, 6.45) is 2.23. The summed E-state index contributed by atoms with van der Waals surface area (Å²) in [5.41, 5.74) is -0.490. The fourth-order valence-corrected chi connectivity index (χ4v) is 1.50. The molecule has 0 heterocycles. The Hall–Kier alpha value is -1.10. The van der Waals surface area contributed by atoms with Crippen LogP contribution in [0.2, 0.25) is 0 Å². The number of carbonyl (C=O) groups excluding carboxylic acids is 2. The monoisotopic (exact) mass is 256 g/mol. The van der Waals surface area contributed by atoms with Crippen LogP contribution in [0.1, 0.15) is 40.0 Å². The number of hydrogen-bond donors (Lipinski definition) is 3. The van der Waals surface area contributed by atoms with Crippen molar-refractivity contribution in [2.75, 3.05) is 19.7 Å². The minimum absolute atomic E-state index is 0.0516. The minimum atomic E-state index is -0.425. The van der Waals surface area contributed by atoms with Gasteiger partial charge in [-0.2, -0.15) is 0 Å². The Morgan fingerprint density at radius 3 is 2.28 bits per heavy atom. The quantitative estimate of drug-likeness (QED) is 0.645. The molecule has 1 aliphatic carbocycles. The van der Waals surface area contributed by atoms with Gasteiger partial charge in [-0.25, -0.2) is 0 Å². The maximum atomic E-state index is 11.5. The lowest BCUT2D eigenvalue weighted by molar-refractivity contribution is -0.128. The minimum Gasteiger partial charge on any atom is -0.396 e. The number of amides is 2. The van der Waals surface area contributed by atoms with Gasteiger partial charge in [-0.3, -0.25) is 9.59 Å². The van der Waals surface area contributed by atoms with Crippen LogP contribution < -0.4 is 10.6 Å². The van der Waals surface area contributed by atoms with Gasteiger partial charge in [-0.15, -0.1) is 0 Å². The highest BCUT2D eigenvalue weighted by molar-refractivity contribution is 5.82. The third kappa shape index (κ3) is 4.64. The van der Waals surface area contributed by atoms with E-state index >= 15 is 0 Å². The first-order chi connectivity index (χ1) is 8.29. The number of aliphatic hydroxyl groups is 1. The largest absolute Gasteiger partial charge is 0.396 e. The Kier molecular flexibility index (Phi) is 4.73. The van der Waals surface area contributed by atoms with Crippen LogP contribution >= 0.6 is 0 Å². The number of aliphatic hydroxyl groups excluding tert-OH is 1. The van der Waals surface area contributed by atoms with Gasteiger partial charge in [0.2, 0.25) is 11.8 Å². The van der Waals surface area contributed by atoms with Crippen LogP contribution in [-0.4, -0.2) is 36.6 Å². The maximum absolute atomic E-state index is 11.5. The molecule has 104 valence electrons. The average Bonchev–Trinajstić information content (AvgIpc) is 3.05. The van der Waals surface area contributed by atoms with Crippen molar-refractivity contribution in [3.05, 3.63) is 0 Å². The van der Waals surface area contributed by atoms with Crippen molar-refractivity contribution < 1.29 is 14.7 Å². The predicted octanol–water partition coefficient (Wildman–Crippen LogP) is 0.428. The van der Waals surface area contributed by atoms with Gasteiger partial charge in [0.05, 0.1) is 6.61 Å². The van der Waals surface area contributed by atoms with Gasteiger partial charge in [0.1, 0.15) is 0 Å². The van der Waals surface area contributed by atoms with E-state index in [1.54, 1.807) is 0 Å². The first kappa shape index (κ1) is 15.0. The van der Waals surface area contributed by atoms with Gasteiger partial charge >= 0.3 is 0 Å². The summed E-state index contributed by atoms with van der Waals surface area (Å²) in [6.45, 7) is 6.53. The van der Waals surface area contributed by atoms with E-state index in [1.165, 1.54) is 0 Å². The van der Waals surface area contributed by atoms with E-state index in [0.717, 1.165) is 12.8 Å². The molecule has 5 heteroatoms. The molecule has 1 rings (SSSR count). The number of nitrogens with one attached hydrogen (secondary N) is 2. The van der Waals surface area contributed by atoms with Crippen molar-refractivity contribution in [1.82, 2.24) is 10.6 Å². The van der Waals surface area contributed by atoms with Crippen LogP contribution in [0.3, 0.4) is 0 Å². The Labute approximate surface area is 108 Å². The van der Waals surface area contributed by atoms with E-state index in [0.29, 0.717) is 13.1 Å². The van der Waals surface area contributed by atoms with Crippen molar-refractivity contribution in [2.45, 2.75) is 40.0 Å². The van der Waals surface area contributed by atoms with Gasteiger partial charge in [0.25, 0.3) is 0 Å². The molecular weight excluding hydrogens is 232 g/mol. The molecule has 1 saturated carbocycles. The van der Waals surface area contributed by atoms with Crippen LogP contribution in [0, 0.1) is 10.8 Å². The van der Waals surface area contributed by atoms with E-state index in [1.807, 2.05) is 20.8 Å². The topological polar surface area (TPSA) is 78.4 Å². The zero-order valence-electron chi connectivity index (χ0n) is 11.5. The first-order valence-electron chi connectivity index (χ1n) is 6.45. The Bertz CT molecular complexity index is 317. The van der Waals surface area contributed by atoms with Crippen molar-refractivity contribution in [3.63, 3.8) is 0 Å². The molecule has 0 unspecified atom stereocenters. The zero-order valence-corrected chi connectivity index (χ0v) is 11.5. The lowest BCUT2D eigenvalue weighted by atomic mass is 9.96. The first-order valence-corrected chi connectivity index (χ1v) is 6.45. The van der Waals surface area contributed by atoms with E-state index in [9.17, 15) is 9.59 Å². The molecule has 0 saturated heterocycles. The molecule has 18 heavy (non-hydrogen) atoms. The third-order valence-electron chi connectivity index (χ3n) is 3.27. The predicted molar refractivity (Wildman–Crippen MR) is 68.8 cm³/mol. The second kappa shape index (κ2) is 5.69. The van der Waals surface area contributed by atoms with Crippen LogP contribution in [0.15, 0.2) is 0 Å². The Balaban J connectivity index is 2.12. The van der Waals surface area contributed by atoms with Crippen LogP contribution in [0.5, 0.6) is 0 Å². The van der Waals surface area contributed by atoms with Crippen molar-refractivity contribution in [2.24, 2.45) is 10.8 Å². The third-order valence-corrected chi connectivity index (χ3v) is 3.27. The Morgan fingerprint density at radius 1 is 1.22 bits per heavy atom. The summed E-state index contributed by atoms with van der Waals surface area (Å²) in [5.74, 6) is -0.131. The van der Waals surface area contributed by atoms with Crippen LogP contribution in [0.25, 0.3) is 0 Å². The highest BCUT2D eigenvalue weighted by atomic mass is 16.3. The molecule has 0 bridgehead atoms. The normalized spacial score (nSPS) is 17.1. The van der Waals surface area contributed by atoms with E-state index < -0.39 is 5.41 Å². The molecule has 0 spiro atoms. The lowest BCUT2D eigenvalue weighted by Gasteiger charge is -2.17. The van der Waals surface area contributed by atoms with Crippen molar-refractivity contribution in [1.29, 1.82) is 0 Å². The molecule has 3 N–H and O–H groups in total. The second-order valence-corrected chi connectivity index (χ2v) is 6.19. The molecule has 0 aromatic rings. The average molecular weight is 256 g/mol. The zero-order chi connectivity index (χ0) is 13.8. The van der Waals surface area contributed by atoms with Gasteiger partial charge in [0, 0.05) is 30.3 Å². The SMILES string of the molecule is CC(C)(C)C(=O)NCCC(=O)NCC1(CO)CC1. The second-order valence-electron chi connectivity index (χ2n) is 6.19. The number of rotatable bonds is 6. The molecule has 0 aliphatic heterocycles.